The summed E-state index contributed by atoms with van der Waals surface area (Å²) < 4.78 is 0. The van der Waals surface area contributed by atoms with Crippen molar-refractivity contribution in [3.8, 4) is 0 Å². The van der Waals surface area contributed by atoms with Crippen molar-refractivity contribution in [1.82, 2.24) is 0 Å². The van der Waals surface area contributed by atoms with Crippen molar-refractivity contribution in [2.24, 2.45) is 27.2 Å². The van der Waals surface area contributed by atoms with Crippen molar-refractivity contribution < 1.29 is 0 Å². The molecule has 0 saturated carbocycles. The summed E-state index contributed by atoms with van der Waals surface area (Å²) in [7, 11) is 0. The molecule has 0 radical (unpaired) electrons. The lowest BCUT2D eigenvalue weighted by atomic mass is 10.1. The van der Waals surface area contributed by atoms with Crippen LogP contribution < -0.4 is 17.2 Å². The van der Waals surface area contributed by atoms with Gasteiger partial charge in [-0.1, -0.05) is 64.7 Å². The molecule has 5 nitrogen and oxygen atoms in total. The van der Waals surface area contributed by atoms with Gasteiger partial charge in [-0.25, -0.2) is 4.99 Å². The molecule has 6 N–H and O–H groups in total. The fourth-order valence-corrected chi connectivity index (χ4v) is 2.20. The van der Waals surface area contributed by atoms with E-state index in [1.165, 1.54) is 57.8 Å². The predicted octanol–water partition coefficient (Wildman–Crippen LogP) is 2.88. The molecule has 0 aromatic rings. The van der Waals surface area contributed by atoms with Crippen molar-refractivity contribution in [3.63, 3.8) is 0 Å². The average Bonchev–Trinajstić information content (AvgIpc) is 2.35. The highest BCUT2D eigenvalue weighted by atomic mass is 15.1. The lowest BCUT2D eigenvalue weighted by Gasteiger charge is -2.06. The van der Waals surface area contributed by atoms with Crippen LogP contribution in [0.5, 0.6) is 0 Å². The third kappa shape index (κ3) is 13.2. The van der Waals surface area contributed by atoms with Gasteiger partial charge in [0.2, 0.25) is 5.96 Å². The molecule has 0 aromatic carbocycles. The zero-order valence-electron chi connectivity index (χ0n) is 13.3. The zero-order valence-corrected chi connectivity index (χ0v) is 13.3. The maximum absolute atomic E-state index is 5.59. The molecule has 5 heteroatoms. The molecule has 0 amide bonds. The average molecular weight is 283 g/mol. The second kappa shape index (κ2) is 12.8. The monoisotopic (exact) mass is 283 g/mol. The summed E-state index contributed by atoms with van der Waals surface area (Å²) in [6, 6.07) is 0.183. The molecule has 1 unspecified atom stereocenters. The van der Waals surface area contributed by atoms with E-state index in [4.69, 9.17) is 17.2 Å². The summed E-state index contributed by atoms with van der Waals surface area (Å²) >= 11 is 0. The van der Waals surface area contributed by atoms with Crippen LogP contribution in [0.15, 0.2) is 9.98 Å². The van der Waals surface area contributed by atoms with Crippen LogP contribution in [0.1, 0.15) is 78.1 Å². The largest absolute Gasteiger partial charge is 0.370 e. The summed E-state index contributed by atoms with van der Waals surface area (Å²) in [5, 5.41) is 0. The van der Waals surface area contributed by atoms with Crippen molar-refractivity contribution in [2.45, 2.75) is 84.1 Å². The minimum atomic E-state index is -0.0403. The van der Waals surface area contributed by atoms with Crippen molar-refractivity contribution in [3.05, 3.63) is 0 Å². The standard InChI is InChI=1S/C15H33N5/c1-3-4-5-6-7-8-9-10-11-12-13(2)19-15(18)20-14(16)17/h13H,3-12H2,1-2H3,(H6,16,17,18,19,20). The smallest absolute Gasteiger partial charge is 0.218 e. The Bertz CT molecular complexity index is 282. The molecule has 0 aromatic heterocycles. The first kappa shape index (κ1) is 18.7. The normalized spacial score (nSPS) is 13.2. The quantitative estimate of drug-likeness (QED) is 0.308. The van der Waals surface area contributed by atoms with E-state index in [1.54, 1.807) is 0 Å². The first-order valence-corrected chi connectivity index (χ1v) is 7.99. The lowest BCUT2D eigenvalue weighted by molar-refractivity contribution is 0.537. The number of hydrogen-bond donors (Lipinski definition) is 3. The minimum Gasteiger partial charge on any atom is -0.370 e. The Labute approximate surface area is 124 Å². The van der Waals surface area contributed by atoms with Gasteiger partial charge in [0.25, 0.3) is 0 Å². The van der Waals surface area contributed by atoms with Crippen LogP contribution in [0.4, 0.5) is 0 Å². The molecule has 0 aliphatic heterocycles. The minimum absolute atomic E-state index is 0.0403. The van der Waals surface area contributed by atoms with Crippen LogP contribution in [0, 0.1) is 0 Å². The van der Waals surface area contributed by atoms with Crippen LogP contribution >= 0.6 is 0 Å². The second-order valence-electron chi connectivity index (χ2n) is 5.49. The van der Waals surface area contributed by atoms with Crippen LogP contribution in [0.25, 0.3) is 0 Å². The number of hydrogen-bond acceptors (Lipinski definition) is 1. The molecule has 0 aliphatic rings. The Hall–Kier alpha value is -1.26. The Morgan fingerprint density at radius 3 is 1.85 bits per heavy atom. The molecule has 0 spiro atoms. The number of nitrogens with two attached hydrogens (primary N) is 3. The fraction of sp³-hybridized carbons (Fsp3) is 0.867. The summed E-state index contributed by atoms with van der Waals surface area (Å²) in [4.78, 5) is 7.94. The van der Waals surface area contributed by atoms with Crippen molar-refractivity contribution in [2.75, 3.05) is 0 Å². The summed E-state index contributed by atoms with van der Waals surface area (Å²) in [5.41, 5.74) is 16.1. The first-order valence-electron chi connectivity index (χ1n) is 7.99. The highest BCUT2D eigenvalue weighted by molar-refractivity contribution is 5.92. The summed E-state index contributed by atoms with van der Waals surface area (Å²) in [5.74, 6) is 0.134. The summed E-state index contributed by atoms with van der Waals surface area (Å²) in [6.07, 6.45) is 13.1. The number of nitrogens with zero attached hydrogens (tertiary/aromatic N) is 2. The topological polar surface area (TPSA) is 103 Å². The molecule has 0 bridgehead atoms. The van der Waals surface area contributed by atoms with E-state index in [2.05, 4.69) is 16.9 Å². The van der Waals surface area contributed by atoms with Crippen LogP contribution in [0.2, 0.25) is 0 Å². The van der Waals surface area contributed by atoms with Gasteiger partial charge in [-0.15, -0.1) is 0 Å². The van der Waals surface area contributed by atoms with Gasteiger partial charge in [-0.05, 0) is 13.3 Å². The van der Waals surface area contributed by atoms with Gasteiger partial charge in [0.1, 0.15) is 0 Å². The molecule has 0 heterocycles. The van der Waals surface area contributed by atoms with Crippen LogP contribution in [-0.4, -0.2) is 18.0 Å². The molecule has 0 aliphatic carbocycles. The molecular formula is C15H33N5. The number of guanidine groups is 2. The fourth-order valence-electron chi connectivity index (χ4n) is 2.20. The van der Waals surface area contributed by atoms with Gasteiger partial charge < -0.3 is 17.2 Å². The number of unbranched alkanes of at least 4 members (excludes halogenated alkanes) is 8. The van der Waals surface area contributed by atoms with Gasteiger partial charge in [0.05, 0.1) is 6.04 Å². The number of aliphatic imine (C=N–C) groups is 2. The zero-order chi connectivity index (χ0) is 15.2. The molecular weight excluding hydrogens is 250 g/mol. The van der Waals surface area contributed by atoms with E-state index in [0.29, 0.717) is 0 Å². The van der Waals surface area contributed by atoms with E-state index in [-0.39, 0.29) is 18.0 Å². The van der Waals surface area contributed by atoms with E-state index < -0.39 is 0 Å². The van der Waals surface area contributed by atoms with Gasteiger partial charge in [-0.2, -0.15) is 4.99 Å². The van der Waals surface area contributed by atoms with E-state index >= 15 is 0 Å². The van der Waals surface area contributed by atoms with E-state index in [0.717, 1.165) is 6.42 Å². The Balaban J connectivity index is 3.48. The molecule has 0 rings (SSSR count). The summed E-state index contributed by atoms with van der Waals surface area (Å²) in [6.45, 7) is 4.30. The lowest BCUT2D eigenvalue weighted by Crippen LogP contribution is -2.27. The van der Waals surface area contributed by atoms with Crippen molar-refractivity contribution >= 4 is 11.9 Å². The molecule has 118 valence electrons. The SMILES string of the molecule is CCCCCCCCCCCC(C)N=C(N)N=C(N)N. The van der Waals surface area contributed by atoms with Gasteiger partial charge >= 0.3 is 0 Å². The molecule has 0 saturated heterocycles. The van der Waals surface area contributed by atoms with E-state index in [1.807, 2.05) is 6.92 Å². The predicted molar refractivity (Wildman–Crippen MR) is 88.7 cm³/mol. The Morgan fingerprint density at radius 2 is 1.35 bits per heavy atom. The second-order valence-corrected chi connectivity index (χ2v) is 5.49. The highest BCUT2D eigenvalue weighted by Crippen LogP contribution is 2.12. The Morgan fingerprint density at radius 1 is 0.850 bits per heavy atom. The van der Waals surface area contributed by atoms with Crippen molar-refractivity contribution in [1.29, 1.82) is 0 Å². The molecule has 20 heavy (non-hydrogen) atoms. The third-order valence-electron chi connectivity index (χ3n) is 3.32. The maximum Gasteiger partial charge on any atom is 0.218 e. The van der Waals surface area contributed by atoms with Gasteiger partial charge in [0.15, 0.2) is 5.96 Å². The maximum atomic E-state index is 5.59. The molecule has 0 fully saturated rings. The van der Waals surface area contributed by atoms with E-state index in [9.17, 15) is 0 Å². The van der Waals surface area contributed by atoms with Gasteiger partial charge in [0, 0.05) is 0 Å². The third-order valence-corrected chi connectivity index (χ3v) is 3.32. The highest BCUT2D eigenvalue weighted by Gasteiger charge is 2.01. The number of rotatable bonds is 11. The van der Waals surface area contributed by atoms with Gasteiger partial charge in [-0.3, -0.25) is 0 Å². The Kier molecular flexibility index (Phi) is 12.0. The first-order chi connectivity index (χ1) is 9.56. The van der Waals surface area contributed by atoms with Crippen LogP contribution in [-0.2, 0) is 0 Å². The van der Waals surface area contributed by atoms with Crippen LogP contribution in [0.3, 0.4) is 0 Å². The molecule has 1 atom stereocenters.